The Morgan fingerprint density at radius 1 is 1.06 bits per heavy atom. The molecule has 0 bridgehead atoms. The van der Waals surface area contributed by atoms with Gasteiger partial charge in [0.05, 0.1) is 0 Å². The van der Waals surface area contributed by atoms with Crippen LogP contribution in [-0.2, 0) is 0 Å². The van der Waals surface area contributed by atoms with Crippen molar-refractivity contribution in [1.82, 2.24) is 5.32 Å². The fraction of sp³-hybridized carbons (Fsp3) is 0.714. The van der Waals surface area contributed by atoms with E-state index in [0.717, 1.165) is 0 Å². The Kier molecular flexibility index (Phi) is 7.48. The van der Waals surface area contributed by atoms with Crippen molar-refractivity contribution in [3.63, 3.8) is 0 Å². The number of hydrogen-bond acceptors (Lipinski definition) is 1. The van der Waals surface area contributed by atoms with Crippen molar-refractivity contribution < 1.29 is 0 Å². The average Bonchev–Trinajstić information content (AvgIpc) is 2.30. The zero-order valence-electron chi connectivity index (χ0n) is 10.7. The van der Waals surface area contributed by atoms with Gasteiger partial charge < -0.3 is 0 Å². The fourth-order valence-corrected chi connectivity index (χ4v) is 2.67. The SMILES string of the molecule is CCCCCCCCCC1=C(C)[N]C=CS1. The molecule has 1 aliphatic rings. The van der Waals surface area contributed by atoms with Gasteiger partial charge in [0, 0.05) is 16.8 Å². The van der Waals surface area contributed by atoms with Gasteiger partial charge in [0.1, 0.15) is 0 Å². The van der Waals surface area contributed by atoms with Gasteiger partial charge in [-0.15, -0.1) is 0 Å². The molecule has 0 saturated heterocycles. The molecule has 1 heterocycles. The lowest BCUT2D eigenvalue weighted by atomic mass is 10.1. The van der Waals surface area contributed by atoms with Gasteiger partial charge in [-0.25, -0.2) is 0 Å². The predicted molar refractivity (Wildman–Crippen MR) is 74.2 cm³/mol. The topological polar surface area (TPSA) is 14.1 Å². The van der Waals surface area contributed by atoms with Crippen molar-refractivity contribution >= 4 is 11.8 Å². The molecular formula is C14H24NS. The van der Waals surface area contributed by atoms with Crippen LogP contribution in [0.5, 0.6) is 0 Å². The summed E-state index contributed by atoms with van der Waals surface area (Å²) in [5, 5.41) is 6.42. The molecule has 1 nitrogen and oxygen atoms in total. The molecule has 1 rings (SSSR count). The Morgan fingerprint density at radius 3 is 2.44 bits per heavy atom. The molecule has 0 aromatic rings. The molecule has 0 amide bonds. The summed E-state index contributed by atoms with van der Waals surface area (Å²) < 4.78 is 0. The summed E-state index contributed by atoms with van der Waals surface area (Å²) in [6.45, 7) is 4.39. The summed E-state index contributed by atoms with van der Waals surface area (Å²) in [6.07, 6.45) is 12.8. The molecule has 0 N–H and O–H groups in total. The van der Waals surface area contributed by atoms with Crippen LogP contribution in [0.25, 0.3) is 0 Å². The van der Waals surface area contributed by atoms with Crippen LogP contribution >= 0.6 is 11.8 Å². The molecule has 0 unspecified atom stereocenters. The molecule has 0 aliphatic carbocycles. The molecule has 0 atom stereocenters. The third-order valence-corrected chi connectivity index (χ3v) is 3.99. The van der Waals surface area contributed by atoms with Crippen LogP contribution < -0.4 is 5.32 Å². The van der Waals surface area contributed by atoms with Crippen molar-refractivity contribution in [2.24, 2.45) is 0 Å². The van der Waals surface area contributed by atoms with E-state index < -0.39 is 0 Å². The van der Waals surface area contributed by atoms with Crippen molar-refractivity contribution in [2.75, 3.05) is 0 Å². The summed E-state index contributed by atoms with van der Waals surface area (Å²) in [7, 11) is 0. The molecule has 0 aromatic carbocycles. The number of nitrogens with zero attached hydrogens (tertiary/aromatic N) is 1. The lowest BCUT2D eigenvalue weighted by molar-refractivity contribution is 0.590. The highest BCUT2D eigenvalue weighted by molar-refractivity contribution is 8.05. The maximum Gasteiger partial charge on any atom is 0.0471 e. The minimum absolute atomic E-state index is 1.22. The third kappa shape index (κ3) is 5.64. The second kappa shape index (κ2) is 8.74. The molecule has 1 aliphatic heterocycles. The fourth-order valence-electron chi connectivity index (χ4n) is 1.89. The van der Waals surface area contributed by atoms with Crippen LogP contribution in [0.4, 0.5) is 0 Å². The Bertz CT molecular complexity index is 243. The van der Waals surface area contributed by atoms with E-state index in [1.807, 2.05) is 18.0 Å². The Morgan fingerprint density at radius 2 is 1.75 bits per heavy atom. The van der Waals surface area contributed by atoms with Crippen LogP contribution in [-0.4, -0.2) is 0 Å². The first-order chi connectivity index (χ1) is 7.84. The lowest BCUT2D eigenvalue weighted by Crippen LogP contribution is -1.99. The number of thioether (sulfide) groups is 1. The smallest absolute Gasteiger partial charge is 0.0471 e. The summed E-state index contributed by atoms with van der Waals surface area (Å²) >= 11 is 1.85. The standard InChI is InChI=1S/C14H24NS/c1-3-4-5-6-7-8-9-10-14-13(2)15-11-12-16-14/h11-12H,3-10H2,1-2H3. The largest absolute Gasteiger partial charge is 0.260 e. The summed E-state index contributed by atoms with van der Waals surface area (Å²) in [5.74, 6) is 0. The van der Waals surface area contributed by atoms with E-state index in [9.17, 15) is 0 Å². The van der Waals surface area contributed by atoms with Gasteiger partial charge >= 0.3 is 0 Å². The Hall–Kier alpha value is -0.370. The maximum absolute atomic E-state index is 4.33. The van der Waals surface area contributed by atoms with Crippen molar-refractivity contribution in [3.8, 4) is 0 Å². The highest BCUT2D eigenvalue weighted by atomic mass is 32.2. The molecule has 0 spiro atoms. The molecule has 0 fully saturated rings. The van der Waals surface area contributed by atoms with Crippen molar-refractivity contribution in [2.45, 2.75) is 65.2 Å². The quantitative estimate of drug-likeness (QED) is 0.531. The third-order valence-electron chi connectivity index (χ3n) is 2.95. The second-order valence-corrected chi connectivity index (χ2v) is 5.41. The van der Waals surface area contributed by atoms with Crippen LogP contribution in [0.2, 0.25) is 0 Å². The van der Waals surface area contributed by atoms with Gasteiger partial charge in [0.15, 0.2) is 0 Å². The zero-order valence-corrected chi connectivity index (χ0v) is 11.5. The van der Waals surface area contributed by atoms with E-state index in [1.165, 1.54) is 62.0 Å². The van der Waals surface area contributed by atoms with Crippen molar-refractivity contribution in [1.29, 1.82) is 0 Å². The van der Waals surface area contributed by atoms with Crippen LogP contribution in [0.1, 0.15) is 65.2 Å². The summed E-state index contributed by atoms with van der Waals surface area (Å²) in [6, 6.07) is 0. The van der Waals surface area contributed by atoms with Crippen LogP contribution in [0, 0.1) is 0 Å². The molecule has 16 heavy (non-hydrogen) atoms. The van der Waals surface area contributed by atoms with E-state index in [-0.39, 0.29) is 0 Å². The van der Waals surface area contributed by atoms with Gasteiger partial charge in [0.2, 0.25) is 0 Å². The first-order valence-electron chi connectivity index (χ1n) is 6.57. The number of unbranched alkanes of at least 4 members (excludes halogenated alkanes) is 6. The molecular weight excluding hydrogens is 214 g/mol. The van der Waals surface area contributed by atoms with E-state index in [0.29, 0.717) is 0 Å². The monoisotopic (exact) mass is 238 g/mol. The molecule has 91 valence electrons. The second-order valence-electron chi connectivity index (χ2n) is 4.41. The normalized spacial score (nSPS) is 15.4. The molecule has 1 radical (unpaired) electrons. The molecule has 0 aromatic heterocycles. The summed E-state index contributed by atoms with van der Waals surface area (Å²) in [4.78, 5) is 1.47. The first kappa shape index (κ1) is 13.7. The van der Waals surface area contributed by atoms with Crippen molar-refractivity contribution in [3.05, 3.63) is 22.2 Å². The first-order valence-corrected chi connectivity index (χ1v) is 7.45. The number of allylic oxidation sites excluding steroid dienone is 2. The highest BCUT2D eigenvalue weighted by Gasteiger charge is 2.05. The Balaban J connectivity index is 1.98. The van der Waals surface area contributed by atoms with Crippen LogP contribution in [0.15, 0.2) is 22.2 Å². The van der Waals surface area contributed by atoms with Gasteiger partial charge in [-0.2, -0.15) is 0 Å². The number of rotatable bonds is 8. The van der Waals surface area contributed by atoms with Gasteiger partial charge in [-0.3, -0.25) is 5.32 Å². The van der Waals surface area contributed by atoms with E-state index >= 15 is 0 Å². The van der Waals surface area contributed by atoms with Crippen LogP contribution in [0.3, 0.4) is 0 Å². The minimum atomic E-state index is 1.22. The van der Waals surface area contributed by atoms with E-state index in [1.54, 1.807) is 0 Å². The average molecular weight is 238 g/mol. The molecule has 2 heteroatoms. The highest BCUT2D eigenvalue weighted by Crippen LogP contribution is 2.29. The lowest BCUT2D eigenvalue weighted by Gasteiger charge is -2.11. The predicted octanol–water partition coefficient (Wildman–Crippen LogP) is 5.18. The van der Waals surface area contributed by atoms with E-state index in [2.05, 4.69) is 24.6 Å². The zero-order chi connectivity index (χ0) is 11.6. The number of hydrogen-bond donors (Lipinski definition) is 0. The van der Waals surface area contributed by atoms with Gasteiger partial charge in [-0.1, -0.05) is 57.2 Å². The molecule has 0 saturated carbocycles. The minimum Gasteiger partial charge on any atom is -0.260 e. The van der Waals surface area contributed by atoms with E-state index in [4.69, 9.17) is 0 Å². The maximum atomic E-state index is 4.33. The van der Waals surface area contributed by atoms with Gasteiger partial charge in [0.25, 0.3) is 0 Å². The summed E-state index contributed by atoms with van der Waals surface area (Å²) in [5.41, 5.74) is 1.22. The Labute approximate surface area is 105 Å². The van der Waals surface area contributed by atoms with Gasteiger partial charge in [-0.05, 0) is 25.2 Å².